The minimum atomic E-state index is 0.0322. The molecule has 0 saturated carbocycles. The Bertz CT molecular complexity index is 865. The van der Waals surface area contributed by atoms with E-state index in [2.05, 4.69) is 22.3 Å². The minimum Gasteiger partial charge on any atom is -0.477 e. The van der Waals surface area contributed by atoms with Crippen molar-refractivity contribution in [3.8, 4) is 5.88 Å². The van der Waals surface area contributed by atoms with E-state index in [0.717, 1.165) is 36.6 Å². The highest BCUT2D eigenvalue weighted by molar-refractivity contribution is 5.98. The van der Waals surface area contributed by atoms with E-state index in [1.165, 1.54) is 0 Å². The average molecular weight is 414 g/mol. The fourth-order valence-electron chi connectivity index (χ4n) is 3.25. The number of aromatic nitrogens is 3. The highest BCUT2D eigenvalue weighted by Gasteiger charge is 2.27. The Morgan fingerprint density at radius 1 is 1.33 bits per heavy atom. The molecule has 9 nitrogen and oxygen atoms in total. The average Bonchev–Trinajstić information content (AvgIpc) is 3.18. The summed E-state index contributed by atoms with van der Waals surface area (Å²) in [7, 11) is 1.85. The van der Waals surface area contributed by atoms with Crippen molar-refractivity contribution in [2.24, 2.45) is 12.0 Å². The summed E-state index contributed by atoms with van der Waals surface area (Å²) in [6.45, 7) is 7.52. The molecular formula is C21H31N7O2. The van der Waals surface area contributed by atoms with Gasteiger partial charge in [0.05, 0.1) is 25.0 Å². The molecule has 1 saturated heterocycles. The van der Waals surface area contributed by atoms with Gasteiger partial charge < -0.3 is 19.9 Å². The number of nitrogens with one attached hydrogen (secondary N) is 1. The fourth-order valence-corrected chi connectivity index (χ4v) is 3.25. The van der Waals surface area contributed by atoms with Crippen molar-refractivity contribution < 1.29 is 9.53 Å². The summed E-state index contributed by atoms with van der Waals surface area (Å²) in [5.41, 5.74) is 1.76. The van der Waals surface area contributed by atoms with Crippen molar-refractivity contribution in [1.29, 1.82) is 0 Å². The molecule has 0 aliphatic carbocycles. The zero-order valence-electron chi connectivity index (χ0n) is 18.0. The van der Waals surface area contributed by atoms with Crippen LogP contribution in [-0.4, -0.2) is 64.3 Å². The maximum absolute atomic E-state index is 12.7. The molecule has 3 rings (SSSR count). The van der Waals surface area contributed by atoms with Gasteiger partial charge in [0.25, 0.3) is 0 Å². The molecule has 162 valence electrons. The summed E-state index contributed by atoms with van der Waals surface area (Å²) in [4.78, 5) is 25.6. The Kier molecular flexibility index (Phi) is 7.64. The van der Waals surface area contributed by atoms with Gasteiger partial charge in [0, 0.05) is 44.6 Å². The molecule has 0 radical (unpaired) electrons. The lowest BCUT2D eigenvalue weighted by Gasteiger charge is -2.35. The van der Waals surface area contributed by atoms with E-state index < -0.39 is 0 Å². The van der Waals surface area contributed by atoms with Crippen LogP contribution in [0.5, 0.6) is 5.88 Å². The molecule has 30 heavy (non-hydrogen) atoms. The van der Waals surface area contributed by atoms with Gasteiger partial charge in [0.2, 0.25) is 11.8 Å². The SMILES string of the molecule is CCCCOc1ncccc1CN=C(NCC)N1CCN(c2cnn(C)c2)C(=O)C1. The number of rotatable bonds is 8. The molecular weight excluding hydrogens is 382 g/mol. The first-order valence-electron chi connectivity index (χ1n) is 10.5. The molecule has 1 N–H and O–H groups in total. The van der Waals surface area contributed by atoms with Crippen LogP contribution in [-0.2, 0) is 18.4 Å². The van der Waals surface area contributed by atoms with E-state index in [0.29, 0.717) is 32.1 Å². The van der Waals surface area contributed by atoms with Crippen molar-refractivity contribution in [2.45, 2.75) is 33.2 Å². The smallest absolute Gasteiger partial charge is 0.246 e. The number of carbonyl (C=O) groups excluding carboxylic acids is 1. The van der Waals surface area contributed by atoms with E-state index in [9.17, 15) is 4.79 Å². The number of amides is 1. The van der Waals surface area contributed by atoms with Crippen LogP contribution in [0.15, 0.2) is 35.7 Å². The van der Waals surface area contributed by atoms with Gasteiger partial charge in [0.15, 0.2) is 5.96 Å². The van der Waals surface area contributed by atoms with Crippen LogP contribution < -0.4 is 15.0 Å². The van der Waals surface area contributed by atoms with Crippen LogP contribution in [0.25, 0.3) is 0 Å². The van der Waals surface area contributed by atoms with E-state index in [1.54, 1.807) is 22.0 Å². The number of guanidine groups is 1. The van der Waals surface area contributed by atoms with Gasteiger partial charge in [-0.2, -0.15) is 5.10 Å². The molecule has 1 fully saturated rings. The number of nitrogens with zero attached hydrogens (tertiary/aromatic N) is 6. The lowest BCUT2D eigenvalue weighted by Crippen LogP contribution is -2.55. The molecule has 1 aliphatic heterocycles. The van der Waals surface area contributed by atoms with E-state index in [4.69, 9.17) is 9.73 Å². The normalized spacial score (nSPS) is 14.9. The topological polar surface area (TPSA) is 87.9 Å². The zero-order chi connectivity index (χ0) is 21.3. The Hall–Kier alpha value is -3.10. The first kappa shape index (κ1) is 21.6. The number of ether oxygens (including phenoxy) is 1. The van der Waals surface area contributed by atoms with E-state index in [-0.39, 0.29) is 12.5 Å². The highest BCUT2D eigenvalue weighted by Crippen LogP contribution is 2.18. The second-order valence-electron chi connectivity index (χ2n) is 7.18. The van der Waals surface area contributed by atoms with Crippen LogP contribution in [0.1, 0.15) is 32.3 Å². The van der Waals surface area contributed by atoms with Crippen LogP contribution in [0, 0.1) is 0 Å². The van der Waals surface area contributed by atoms with Crippen LogP contribution in [0.2, 0.25) is 0 Å². The number of hydrogen-bond donors (Lipinski definition) is 1. The third-order valence-corrected chi connectivity index (χ3v) is 4.84. The van der Waals surface area contributed by atoms with Crippen molar-refractivity contribution in [1.82, 2.24) is 25.0 Å². The molecule has 1 amide bonds. The maximum atomic E-state index is 12.7. The maximum Gasteiger partial charge on any atom is 0.246 e. The molecule has 0 unspecified atom stereocenters. The second kappa shape index (κ2) is 10.6. The van der Waals surface area contributed by atoms with Crippen LogP contribution in [0.3, 0.4) is 0 Å². The number of carbonyl (C=O) groups is 1. The molecule has 0 atom stereocenters. The number of hydrogen-bond acceptors (Lipinski definition) is 5. The summed E-state index contributed by atoms with van der Waals surface area (Å²) < 4.78 is 7.52. The third-order valence-electron chi connectivity index (χ3n) is 4.84. The first-order valence-corrected chi connectivity index (χ1v) is 10.5. The van der Waals surface area contributed by atoms with Crippen molar-refractivity contribution in [3.63, 3.8) is 0 Å². The number of anilines is 1. The number of pyridine rings is 1. The standard InChI is InChI=1S/C21H31N7O2/c1-4-6-12-30-20-17(8-7-9-23-20)13-24-21(22-5-2)27-10-11-28(19(29)16-27)18-14-25-26(3)15-18/h7-9,14-15H,4-6,10-13,16H2,1-3H3,(H,22,24). The van der Waals surface area contributed by atoms with Crippen LogP contribution in [0.4, 0.5) is 5.69 Å². The summed E-state index contributed by atoms with van der Waals surface area (Å²) >= 11 is 0. The van der Waals surface area contributed by atoms with Gasteiger partial charge in [0.1, 0.15) is 6.54 Å². The van der Waals surface area contributed by atoms with Gasteiger partial charge in [-0.1, -0.05) is 19.4 Å². The van der Waals surface area contributed by atoms with Crippen molar-refractivity contribution >= 4 is 17.6 Å². The molecule has 9 heteroatoms. The Labute approximate surface area is 177 Å². The Morgan fingerprint density at radius 2 is 2.20 bits per heavy atom. The molecule has 3 heterocycles. The Balaban J connectivity index is 1.67. The third kappa shape index (κ3) is 5.49. The molecule has 1 aliphatic rings. The highest BCUT2D eigenvalue weighted by atomic mass is 16.5. The van der Waals surface area contributed by atoms with Crippen molar-refractivity contribution in [2.75, 3.05) is 37.7 Å². The number of unbranched alkanes of at least 4 members (excludes halogenated alkanes) is 1. The van der Waals surface area contributed by atoms with Crippen LogP contribution >= 0.6 is 0 Å². The lowest BCUT2D eigenvalue weighted by atomic mass is 10.2. The van der Waals surface area contributed by atoms with Gasteiger partial charge in [-0.25, -0.2) is 9.98 Å². The predicted octanol–water partition coefficient (Wildman–Crippen LogP) is 1.81. The molecule has 0 bridgehead atoms. The first-order chi connectivity index (χ1) is 14.6. The second-order valence-corrected chi connectivity index (χ2v) is 7.18. The van der Waals surface area contributed by atoms with Gasteiger partial charge in [-0.05, 0) is 19.4 Å². The fraction of sp³-hybridized carbons (Fsp3) is 0.524. The molecule has 0 spiro atoms. The summed E-state index contributed by atoms with van der Waals surface area (Å²) in [5.74, 6) is 1.38. The van der Waals surface area contributed by atoms with Crippen molar-refractivity contribution in [3.05, 3.63) is 36.3 Å². The molecule has 0 aromatic carbocycles. The number of piperazine rings is 1. The molecule has 2 aromatic rings. The number of aliphatic imine (C=N–C) groups is 1. The molecule has 2 aromatic heterocycles. The zero-order valence-corrected chi connectivity index (χ0v) is 18.0. The summed E-state index contributed by atoms with van der Waals surface area (Å²) in [5, 5.41) is 7.46. The predicted molar refractivity (Wildman–Crippen MR) is 117 cm³/mol. The minimum absolute atomic E-state index is 0.0322. The summed E-state index contributed by atoms with van der Waals surface area (Å²) in [6.07, 6.45) is 7.37. The quantitative estimate of drug-likeness (QED) is 0.403. The Morgan fingerprint density at radius 3 is 2.90 bits per heavy atom. The number of aryl methyl sites for hydroxylation is 1. The summed E-state index contributed by atoms with van der Waals surface area (Å²) in [6, 6.07) is 3.87. The van der Waals surface area contributed by atoms with Gasteiger partial charge in [-0.3, -0.25) is 9.48 Å². The van der Waals surface area contributed by atoms with E-state index in [1.807, 2.05) is 37.2 Å². The van der Waals surface area contributed by atoms with E-state index >= 15 is 0 Å². The largest absolute Gasteiger partial charge is 0.477 e. The van der Waals surface area contributed by atoms with Gasteiger partial charge in [-0.15, -0.1) is 0 Å². The lowest BCUT2D eigenvalue weighted by molar-refractivity contribution is -0.120. The monoisotopic (exact) mass is 413 g/mol. The van der Waals surface area contributed by atoms with Gasteiger partial charge >= 0.3 is 0 Å².